The second kappa shape index (κ2) is 9.90. The van der Waals surface area contributed by atoms with Gasteiger partial charge >= 0.3 is 0 Å². The minimum Gasteiger partial charge on any atom is -0.496 e. The largest absolute Gasteiger partial charge is 0.496 e. The number of aliphatic hydroxyl groups excluding tert-OH is 1. The second-order valence-corrected chi connectivity index (χ2v) is 8.95. The molecule has 1 atom stereocenters. The number of β-amino-alcohol motifs (C(OH)–C–C–N with tert-alkyl or cyclic N) is 1. The number of fused-ring (bicyclic) bond motifs is 1. The Morgan fingerprint density at radius 3 is 2.70 bits per heavy atom. The van der Waals surface area contributed by atoms with Gasteiger partial charge in [0, 0.05) is 30.7 Å². The number of primary amides is 1. The molecule has 2 amide bonds. The van der Waals surface area contributed by atoms with E-state index >= 15 is 0 Å². The van der Waals surface area contributed by atoms with Gasteiger partial charge in [-0.1, -0.05) is 24.3 Å². The van der Waals surface area contributed by atoms with Crippen LogP contribution >= 0.6 is 0 Å². The van der Waals surface area contributed by atoms with Crippen LogP contribution in [0.1, 0.15) is 32.7 Å². The van der Waals surface area contributed by atoms with Gasteiger partial charge < -0.3 is 25.8 Å². The number of aliphatic hydroxyl groups is 1. The Morgan fingerprint density at radius 1 is 1.24 bits per heavy atom. The highest BCUT2D eigenvalue weighted by atomic mass is 19.1. The fourth-order valence-corrected chi connectivity index (χ4v) is 4.74. The molecule has 190 valence electrons. The number of benzene rings is 3. The number of nitrogens with zero attached hydrogens (tertiary/aromatic N) is 2. The number of H-pyrrole nitrogens is 1. The van der Waals surface area contributed by atoms with E-state index in [1.165, 1.54) is 19.2 Å². The van der Waals surface area contributed by atoms with E-state index in [0.717, 1.165) is 28.3 Å². The number of anilines is 1. The third kappa shape index (κ3) is 4.70. The molecule has 9 nitrogen and oxygen atoms in total. The molecule has 0 bridgehead atoms. The summed E-state index contributed by atoms with van der Waals surface area (Å²) >= 11 is 0. The van der Waals surface area contributed by atoms with Crippen LogP contribution in [0.25, 0.3) is 22.0 Å². The molecule has 1 aromatic heterocycles. The van der Waals surface area contributed by atoms with Gasteiger partial charge in [0.1, 0.15) is 11.6 Å². The number of halogens is 1. The number of methoxy groups -OCH3 is 1. The Labute approximate surface area is 212 Å². The maximum absolute atomic E-state index is 13.6. The summed E-state index contributed by atoms with van der Waals surface area (Å²) in [5, 5.41) is 20.6. The van der Waals surface area contributed by atoms with Crippen molar-refractivity contribution in [1.82, 2.24) is 15.5 Å². The predicted octanol–water partition coefficient (Wildman–Crippen LogP) is 2.98. The zero-order valence-electron chi connectivity index (χ0n) is 20.1. The van der Waals surface area contributed by atoms with E-state index in [1.807, 2.05) is 30.3 Å². The predicted molar refractivity (Wildman–Crippen MR) is 137 cm³/mol. The number of ether oxygens (including phenoxy) is 1. The van der Waals surface area contributed by atoms with Gasteiger partial charge in [0.25, 0.3) is 11.8 Å². The molecule has 3 aromatic carbocycles. The number of carbonyl (C=O) groups is 2. The van der Waals surface area contributed by atoms with Crippen molar-refractivity contribution in [2.45, 2.75) is 19.1 Å². The quantitative estimate of drug-likeness (QED) is 0.306. The van der Waals surface area contributed by atoms with Gasteiger partial charge in [0.05, 0.1) is 36.1 Å². The highest BCUT2D eigenvalue weighted by Gasteiger charge is 2.26. The first kappa shape index (κ1) is 24.3. The van der Waals surface area contributed by atoms with E-state index in [-0.39, 0.29) is 17.9 Å². The molecule has 0 saturated carbocycles. The van der Waals surface area contributed by atoms with Gasteiger partial charge in [0.2, 0.25) is 0 Å². The van der Waals surface area contributed by atoms with E-state index in [0.29, 0.717) is 36.2 Å². The minimum absolute atomic E-state index is 0.109. The molecule has 0 aliphatic carbocycles. The van der Waals surface area contributed by atoms with Gasteiger partial charge in [-0.25, -0.2) is 4.39 Å². The van der Waals surface area contributed by atoms with Crippen LogP contribution in [0.5, 0.6) is 5.75 Å². The van der Waals surface area contributed by atoms with Crippen molar-refractivity contribution in [2.75, 3.05) is 25.1 Å². The highest BCUT2D eigenvalue weighted by molar-refractivity contribution is 6.13. The van der Waals surface area contributed by atoms with Crippen LogP contribution in [-0.2, 0) is 6.54 Å². The Bertz CT molecular complexity index is 1480. The first-order chi connectivity index (χ1) is 17.9. The number of nitrogens with two attached hydrogens (primary N) is 1. The molecule has 2 heterocycles. The van der Waals surface area contributed by atoms with E-state index in [2.05, 4.69) is 20.4 Å². The molecular weight excluding hydrogens is 477 g/mol. The van der Waals surface area contributed by atoms with E-state index in [4.69, 9.17) is 10.5 Å². The van der Waals surface area contributed by atoms with Crippen LogP contribution in [0.2, 0.25) is 0 Å². The maximum Gasteiger partial charge on any atom is 0.255 e. The molecular formula is C27H26FN5O4. The molecule has 1 aliphatic heterocycles. The van der Waals surface area contributed by atoms with Crippen LogP contribution < -0.4 is 20.7 Å². The number of carbonyl (C=O) groups excluding carboxylic acids is 2. The summed E-state index contributed by atoms with van der Waals surface area (Å²) in [6, 6.07) is 13.0. The lowest BCUT2D eigenvalue weighted by atomic mass is 9.95. The van der Waals surface area contributed by atoms with Crippen molar-refractivity contribution in [3.63, 3.8) is 0 Å². The lowest BCUT2D eigenvalue weighted by Gasteiger charge is -2.21. The summed E-state index contributed by atoms with van der Waals surface area (Å²) in [5.74, 6) is -1.29. The zero-order chi connectivity index (χ0) is 26.1. The number of aromatic nitrogens is 2. The second-order valence-electron chi connectivity index (χ2n) is 8.95. The molecule has 10 heteroatoms. The minimum atomic E-state index is -0.586. The first-order valence-corrected chi connectivity index (χ1v) is 11.8. The summed E-state index contributed by atoms with van der Waals surface area (Å²) in [5.41, 5.74) is 9.82. The monoisotopic (exact) mass is 503 g/mol. The number of rotatable bonds is 7. The molecule has 5 rings (SSSR count). The third-order valence-electron chi connectivity index (χ3n) is 6.59. The molecule has 37 heavy (non-hydrogen) atoms. The average molecular weight is 504 g/mol. The Kier molecular flexibility index (Phi) is 6.49. The number of hydrogen-bond donors (Lipinski definition) is 4. The van der Waals surface area contributed by atoms with Crippen molar-refractivity contribution in [3.05, 3.63) is 77.2 Å². The molecule has 5 N–H and O–H groups in total. The van der Waals surface area contributed by atoms with E-state index in [1.54, 1.807) is 6.20 Å². The fourth-order valence-electron chi connectivity index (χ4n) is 4.74. The van der Waals surface area contributed by atoms with Crippen LogP contribution in [-0.4, -0.2) is 53.4 Å². The lowest BCUT2D eigenvalue weighted by molar-refractivity contribution is 0.0946. The van der Waals surface area contributed by atoms with Crippen molar-refractivity contribution in [1.29, 1.82) is 0 Å². The van der Waals surface area contributed by atoms with Crippen LogP contribution in [0, 0.1) is 5.82 Å². The highest BCUT2D eigenvalue weighted by Crippen LogP contribution is 2.37. The zero-order valence-corrected chi connectivity index (χ0v) is 20.1. The molecule has 1 aliphatic rings. The standard InChI is InChI=1S/C27H26FN5O4/c1-37-23-7-6-17(28)10-20(23)27(36)30-12-15-2-4-16(5-3-15)19-11-22(33-9-8-18(34)14-33)21-13-31-32-25(21)24(19)26(29)35/h2-7,10-11,13,18,34H,8-9,12,14H2,1H3,(H2,29,35)(H,30,36)(H,31,32)/t18-/m1/s1. The Morgan fingerprint density at radius 2 is 2.03 bits per heavy atom. The van der Waals surface area contributed by atoms with Crippen molar-refractivity contribution < 1.29 is 23.8 Å². The molecule has 4 aromatic rings. The first-order valence-electron chi connectivity index (χ1n) is 11.8. The fraction of sp³-hybridized carbons (Fsp3) is 0.222. The van der Waals surface area contributed by atoms with Crippen LogP contribution in [0.4, 0.5) is 10.1 Å². The van der Waals surface area contributed by atoms with E-state index < -0.39 is 23.7 Å². The van der Waals surface area contributed by atoms with Gasteiger partial charge in [-0.05, 0) is 47.4 Å². The van der Waals surface area contributed by atoms with Crippen molar-refractivity contribution in [2.24, 2.45) is 5.73 Å². The molecule has 0 spiro atoms. The maximum atomic E-state index is 13.6. The van der Waals surface area contributed by atoms with Gasteiger partial charge in [-0.2, -0.15) is 5.10 Å². The number of aromatic amines is 1. The molecule has 0 unspecified atom stereocenters. The summed E-state index contributed by atoms with van der Waals surface area (Å²) in [4.78, 5) is 27.2. The summed E-state index contributed by atoms with van der Waals surface area (Å²) in [6.45, 7) is 1.38. The number of hydrogen-bond acceptors (Lipinski definition) is 6. The molecule has 1 fully saturated rings. The summed E-state index contributed by atoms with van der Waals surface area (Å²) in [7, 11) is 1.42. The number of nitrogens with one attached hydrogen (secondary N) is 2. The molecule has 0 radical (unpaired) electrons. The van der Waals surface area contributed by atoms with Crippen LogP contribution in [0.3, 0.4) is 0 Å². The van der Waals surface area contributed by atoms with Crippen LogP contribution in [0.15, 0.2) is 54.7 Å². The molecule has 1 saturated heterocycles. The SMILES string of the molecule is COc1ccc(F)cc1C(=O)NCc1ccc(-c2cc(N3CC[C@@H](O)C3)c3cn[nH]c3c2C(N)=O)cc1. The van der Waals surface area contributed by atoms with Gasteiger partial charge in [-0.3, -0.25) is 14.7 Å². The Hall–Kier alpha value is -4.44. The van der Waals surface area contributed by atoms with Crippen molar-refractivity contribution in [3.8, 4) is 16.9 Å². The summed E-state index contributed by atoms with van der Waals surface area (Å²) in [6.07, 6.45) is 1.90. The average Bonchev–Trinajstić information content (AvgIpc) is 3.55. The van der Waals surface area contributed by atoms with Gasteiger partial charge in [-0.15, -0.1) is 0 Å². The normalized spacial score (nSPS) is 15.2. The van der Waals surface area contributed by atoms with Crippen molar-refractivity contribution >= 4 is 28.4 Å². The third-order valence-corrected chi connectivity index (χ3v) is 6.59. The smallest absolute Gasteiger partial charge is 0.255 e. The summed E-state index contributed by atoms with van der Waals surface area (Å²) < 4.78 is 18.8. The van der Waals surface area contributed by atoms with Gasteiger partial charge in [0.15, 0.2) is 0 Å². The Balaban J connectivity index is 1.43. The number of amides is 2. The lowest BCUT2D eigenvalue weighted by Crippen LogP contribution is -2.23. The topological polar surface area (TPSA) is 134 Å². The van der Waals surface area contributed by atoms with E-state index in [9.17, 15) is 19.1 Å².